The Hall–Kier alpha value is -3.47. The molecule has 2 heterocycles. The molecule has 1 amide bonds. The van der Waals surface area contributed by atoms with Crippen LogP contribution < -0.4 is 11.0 Å². The maximum Gasteiger partial charge on any atom is 0.340 e. The number of H-pyrrole nitrogens is 2. The topological polar surface area (TPSA) is 126 Å². The number of hydrogen-bond acceptors (Lipinski definition) is 6. The lowest BCUT2D eigenvalue weighted by molar-refractivity contribution is -0.168. The van der Waals surface area contributed by atoms with Crippen molar-refractivity contribution >= 4 is 5.91 Å². The number of carbonyl (C=O) groups excluding carboxylic acids is 1. The molecule has 5 rings (SSSR count). The van der Waals surface area contributed by atoms with Crippen LogP contribution >= 0.6 is 0 Å². The maximum atomic E-state index is 14.4. The lowest BCUT2D eigenvalue weighted by Crippen LogP contribution is -2.46. The van der Waals surface area contributed by atoms with Gasteiger partial charge in [-0.25, -0.2) is 18.7 Å². The van der Waals surface area contributed by atoms with Crippen molar-refractivity contribution in [2.24, 2.45) is 5.41 Å². The number of aromatic amines is 2. The quantitative estimate of drug-likeness (QED) is 0.473. The van der Waals surface area contributed by atoms with Crippen molar-refractivity contribution in [3.63, 3.8) is 0 Å². The summed E-state index contributed by atoms with van der Waals surface area (Å²) in [5.41, 5.74) is -0.356. The summed E-state index contributed by atoms with van der Waals surface area (Å²) >= 11 is 0. The molecule has 0 saturated heterocycles. The second-order valence-corrected chi connectivity index (χ2v) is 9.63. The molecule has 3 N–H and O–H groups in total. The Morgan fingerprint density at radius 2 is 2.03 bits per heavy atom. The third-order valence-corrected chi connectivity index (χ3v) is 7.48. The molecule has 9 nitrogen and oxygen atoms in total. The largest absolute Gasteiger partial charge is 0.355 e. The second kappa shape index (κ2) is 8.33. The van der Waals surface area contributed by atoms with Gasteiger partial charge < -0.3 is 10.1 Å². The van der Waals surface area contributed by atoms with E-state index < -0.39 is 34.4 Å². The molecular weight excluding hydrogens is 458 g/mol. The highest BCUT2D eigenvalue weighted by Crippen LogP contribution is 2.68. The van der Waals surface area contributed by atoms with Gasteiger partial charge in [0.15, 0.2) is 0 Å². The first-order chi connectivity index (χ1) is 16.7. The Kier molecular flexibility index (Phi) is 5.54. The van der Waals surface area contributed by atoms with Crippen molar-refractivity contribution < 1.29 is 18.3 Å². The Bertz CT molecular complexity index is 1330. The summed E-state index contributed by atoms with van der Waals surface area (Å²) < 4.78 is 35.4. The van der Waals surface area contributed by atoms with Crippen LogP contribution in [0.1, 0.15) is 63.0 Å². The number of fused-ring (bicyclic) bond motifs is 5. The average molecular weight is 485 g/mol. The number of amides is 1. The van der Waals surface area contributed by atoms with Crippen molar-refractivity contribution in [3.8, 4) is 11.3 Å². The van der Waals surface area contributed by atoms with E-state index in [1.54, 1.807) is 6.07 Å². The van der Waals surface area contributed by atoms with Crippen LogP contribution in [0.5, 0.6) is 0 Å². The summed E-state index contributed by atoms with van der Waals surface area (Å²) in [5.74, 6) is -1.39. The second-order valence-electron chi connectivity index (χ2n) is 9.63. The van der Waals surface area contributed by atoms with Gasteiger partial charge in [0, 0.05) is 5.41 Å². The number of ether oxygens (including phenoxy) is 1. The summed E-state index contributed by atoms with van der Waals surface area (Å²) in [6.07, 6.45) is 1.07. The summed E-state index contributed by atoms with van der Waals surface area (Å²) in [5, 5.41) is 17.4. The van der Waals surface area contributed by atoms with Gasteiger partial charge in [0.1, 0.15) is 29.2 Å². The highest BCUT2D eigenvalue weighted by atomic mass is 19.1. The van der Waals surface area contributed by atoms with Gasteiger partial charge in [-0.05, 0) is 48.9 Å². The van der Waals surface area contributed by atoms with E-state index in [1.807, 2.05) is 6.92 Å². The van der Waals surface area contributed by atoms with Crippen LogP contribution in [-0.2, 0) is 21.7 Å². The van der Waals surface area contributed by atoms with E-state index >= 15 is 0 Å². The fourth-order valence-corrected chi connectivity index (χ4v) is 5.64. The van der Waals surface area contributed by atoms with Gasteiger partial charge in [-0.15, -0.1) is 5.10 Å². The number of nitrogens with zero attached hydrogens (tertiary/aromatic N) is 3. The van der Waals surface area contributed by atoms with E-state index in [0.29, 0.717) is 24.4 Å². The predicted octanol–water partition coefficient (Wildman–Crippen LogP) is 3.06. The normalized spacial score (nSPS) is 22.7. The first-order valence-electron chi connectivity index (χ1n) is 11.6. The number of hydrogen-bond donors (Lipinski definition) is 3. The van der Waals surface area contributed by atoms with Crippen LogP contribution in [0.3, 0.4) is 0 Å². The molecule has 3 aromatic rings. The van der Waals surface area contributed by atoms with Crippen LogP contribution in [0, 0.1) is 17.0 Å². The third kappa shape index (κ3) is 3.56. The van der Waals surface area contributed by atoms with E-state index in [0.717, 1.165) is 12.0 Å². The van der Waals surface area contributed by atoms with Gasteiger partial charge in [0.2, 0.25) is 5.91 Å². The van der Waals surface area contributed by atoms with Crippen molar-refractivity contribution in [1.82, 2.24) is 30.7 Å². The van der Waals surface area contributed by atoms with E-state index in [4.69, 9.17) is 4.74 Å². The molecule has 2 aliphatic rings. The minimum Gasteiger partial charge on any atom is -0.355 e. The van der Waals surface area contributed by atoms with Gasteiger partial charge >= 0.3 is 5.69 Å². The number of halogens is 2. The Balaban J connectivity index is 1.45. The van der Waals surface area contributed by atoms with Crippen molar-refractivity contribution in [3.05, 3.63) is 63.5 Å². The minimum absolute atomic E-state index is 0.0382. The number of aromatic nitrogens is 5. The highest BCUT2D eigenvalue weighted by molar-refractivity contribution is 5.80. The molecule has 35 heavy (non-hydrogen) atoms. The molecule has 184 valence electrons. The van der Waals surface area contributed by atoms with Gasteiger partial charge in [0.25, 0.3) is 0 Å². The fourth-order valence-electron chi connectivity index (χ4n) is 5.64. The number of benzene rings is 1. The first-order valence-corrected chi connectivity index (χ1v) is 11.6. The first kappa shape index (κ1) is 23.3. The van der Waals surface area contributed by atoms with Gasteiger partial charge in [-0.1, -0.05) is 26.8 Å². The third-order valence-electron chi connectivity index (χ3n) is 7.48. The lowest BCUT2D eigenvalue weighted by atomic mass is 9.77. The molecule has 11 heteroatoms. The smallest absolute Gasteiger partial charge is 0.340 e. The van der Waals surface area contributed by atoms with Crippen LogP contribution in [0.2, 0.25) is 0 Å². The lowest BCUT2D eigenvalue weighted by Gasteiger charge is -2.40. The molecule has 1 saturated carbocycles. The van der Waals surface area contributed by atoms with E-state index in [9.17, 15) is 18.4 Å². The zero-order chi connectivity index (χ0) is 25.0. The Morgan fingerprint density at radius 3 is 2.69 bits per heavy atom. The molecule has 2 aliphatic carbocycles. The average Bonchev–Trinajstić information content (AvgIpc) is 3.41. The van der Waals surface area contributed by atoms with E-state index in [2.05, 4.69) is 44.5 Å². The molecule has 2 bridgehead atoms. The van der Waals surface area contributed by atoms with E-state index in [1.165, 1.54) is 18.2 Å². The van der Waals surface area contributed by atoms with Crippen molar-refractivity contribution in [1.29, 1.82) is 0 Å². The minimum atomic E-state index is -0.870. The molecule has 0 aliphatic heterocycles. The van der Waals surface area contributed by atoms with Gasteiger partial charge in [-0.2, -0.15) is 10.2 Å². The number of carbonyl (C=O) groups is 1. The zero-order valence-corrected chi connectivity index (χ0v) is 19.6. The monoisotopic (exact) mass is 484 g/mol. The Labute approximate surface area is 199 Å². The summed E-state index contributed by atoms with van der Waals surface area (Å²) in [6, 6.07) is 5.40. The summed E-state index contributed by atoms with van der Waals surface area (Å²) in [4.78, 5) is 26.7. The summed E-state index contributed by atoms with van der Waals surface area (Å²) in [6.45, 7) is 6.02. The highest BCUT2D eigenvalue weighted by Gasteiger charge is 2.65. The van der Waals surface area contributed by atoms with Crippen LogP contribution in [0.15, 0.2) is 29.1 Å². The molecule has 1 unspecified atom stereocenters. The molecule has 0 spiro atoms. The molecule has 0 radical (unpaired) electrons. The zero-order valence-electron chi connectivity index (χ0n) is 19.6. The summed E-state index contributed by atoms with van der Waals surface area (Å²) in [7, 11) is 0. The van der Waals surface area contributed by atoms with Crippen LogP contribution in [0.25, 0.3) is 11.3 Å². The van der Waals surface area contributed by atoms with E-state index in [-0.39, 0.29) is 29.6 Å². The van der Waals surface area contributed by atoms with Crippen LogP contribution in [0.4, 0.5) is 8.78 Å². The molecule has 3 atom stereocenters. The molecular formula is C24H26F2N6O3. The van der Waals surface area contributed by atoms with Crippen molar-refractivity contribution in [2.45, 2.75) is 64.2 Å². The standard InChI is InChI=1S/C24H26F2N6O3/c1-4-17(21(33)27-11-18-28-22(34)32-30-18)35-24-9-8-13(23(24,2)3)12-10-16(29-31-20(12)24)19-14(25)6-5-7-15(19)26/h5-7,10,13,17H,4,8-9,11H2,1-3H3,(H,27,33)(H2,28,30,32,34)/t13-,17?,24-/m0/s1. The number of nitrogens with one attached hydrogen (secondary N) is 3. The Morgan fingerprint density at radius 1 is 1.29 bits per heavy atom. The number of rotatable bonds is 7. The van der Waals surface area contributed by atoms with Gasteiger partial charge in [0.05, 0.1) is 23.5 Å². The fraction of sp³-hybridized carbons (Fsp3) is 0.458. The SMILES string of the molecule is CCC(O[C@@]12CC[C@@H](c3cc(-c4c(F)cccc4F)nnc31)C2(C)C)C(=O)NCc1n[nH]c(=O)[nH]1. The van der Waals surface area contributed by atoms with Crippen molar-refractivity contribution in [2.75, 3.05) is 0 Å². The molecule has 1 aromatic carbocycles. The maximum absolute atomic E-state index is 14.4. The van der Waals surface area contributed by atoms with Crippen LogP contribution in [-0.4, -0.2) is 37.4 Å². The predicted molar refractivity (Wildman–Crippen MR) is 121 cm³/mol. The molecule has 1 fully saturated rings. The molecule has 2 aromatic heterocycles. The van der Waals surface area contributed by atoms with Gasteiger partial charge in [-0.3, -0.25) is 9.78 Å².